The summed E-state index contributed by atoms with van der Waals surface area (Å²) in [5, 5.41) is 5.02. The smallest absolute Gasteiger partial charge is 0.341 e. The Labute approximate surface area is 172 Å². The Morgan fingerprint density at radius 1 is 1.33 bits per heavy atom. The van der Waals surface area contributed by atoms with Gasteiger partial charge >= 0.3 is 5.97 Å². The van der Waals surface area contributed by atoms with Crippen LogP contribution >= 0.6 is 35.3 Å². The van der Waals surface area contributed by atoms with Crippen molar-refractivity contribution in [1.29, 1.82) is 0 Å². The van der Waals surface area contributed by atoms with Crippen LogP contribution in [0.3, 0.4) is 0 Å². The number of carbonyl (C=O) groups is 2. The van der Waals surface area contributed by atoms with Gasteiger partial charge in [-0.05, 0) is 32.9 Å². The Kier molecular flexibility index (Phi) is 8.33. The van der Waals surface area contributed by atoms with Crippen LogP contribution < -0.4 is 5.32 Å². The van der Waals surface area contributed by atoms with Gasteiger partial charge in [0.1, 0.15) is 20.6 Å². The Morgan fingerprint density at radius 2 is 2.07 bits per heavy atom. The molecule has 2 aromatic heterocycles. The van der Waals surface area contributed by atoms with E-state index in [1.807, 2.05) is 18.7 Å². The molecular weight excluding hydrogens is 404 g/mol. The van der Waals surface area contributed by atoms with Crippen LogP contribution in [0.25, 0.3) is 11.3 Å². The number of thiophene rings is 1. The number of esters is 1. The molecule has 2 heterocycles. The number of rotatable bonds is 8. The number of thioether (sulfide) groups is 1. The van der Waals surface area contributed by atoms with Gasteiger partial charge in [0.15, 0.2) is 0 Å². The molecule has 0 radical (unpaired) electrons. The normalized spacial score (nSPS) is 10.5. The van der Waals surface area contributed by atoms with Gasteiger partial charge in [-0.15, -0.1) is 11.3 Å². The Balaban J connectivity index is 2.12. The number of nitrogens with one attached hydrogen (secondary N) is 1. The fourth-order valence-electron chi connectivity index (χ4n) is 2.33. The summed E-state index contributed by atoms with van der Waals surface area (Å²) in [6.45, 7) is 7.62. The van der Waals surface area contributed by atoms with Gasteiger partial charge in [0.05, 0.1) is 18.6 Å². The lowest BCUT2D eigenvalue weighted by Crippen LogP contribution is -2.28. The topological polar surface area (TPSA) is 71.8 Å². The zero-order valence-corrected chi connectivity index (χ0v) is 17.9. The van der Waals surface area contributed by atoms with Crippen molar-refractivity contribution >= 4 is 56.5 Å². The number of hydrogen-bond donors (Lipinski definition) is 1. The molecule has 0 fully saturated rings. The second-order valence-electron chi connectivity index (χ2n) is 5.33. The number of nitrogens with zero attached hydrogens (tertiary/aromatic N) is 1. The number of carbonyl (C=O) groups excluding carboxylic acids is 2. The number of thiocarbonyl (C=S) groups is 1. The molecular formula is C18H22N2O4S3. The van der Waals surface area contributed by atoms with Gasteiger partial charge in [0.25, 0.3) is 0 Å². The third-order valence-electron chi connectivity index (χ3n) is 3.66. The van der Waals surface area contributed by atoms with Crippen LogP contribution in [0.4, 0.5) is 5.00 Å². The summed E-state index contributed by atoms with van der Waals surface area (Å²) >= 11 is 7.91. The number of furan rings is 1. The highest BCUT2D eigenvalue weighted by molar-refractivity contribution is 8.23. The third kappa shape index (κ3) is 5.57. The summed E-state index contributed by atoms with van der Waals surface area (Å²) in [5.41, 5.74) is 0.909. The van der Waals surface area contributed by atoms with Crippen LogP contribution in [0.1, 0.15) is 31.1 Å². The quantitative estimate of drug-likeness (QED) is 0.493. The Morgan fingerprint density at radius 3 is 2.67 bits per heavy atom. The molecule has 0 aliphatic carbocycles. The molecule has 27 heavy (non-hydrogen) atoms. The number of ether oxygens (including phenoxy) is 1. The highest BCUT2D eigenvalue weighted by Crippen LogP contribution is 2.36. The highest BCUT2D eigenvalue weighted by Gasteiger charge is 2.24. The van der Waals surface area contributed by atoms with Gasteiger partial charge in [-0.2, -0.15) is 0 Å². The largest absolute Gasteiger partial charge is 0.464 e. The fraction of sp³-hybridized carbons (Fsp3) is 0.389. The van der Waals surface area contributed by atoms with E-state index >= 15 is 0 Å². The zero-order valence-electron chi connectivity index (χ0n) is 15.4. The molecule has 9 heteroatoms. The second-order valence-corrected chi connectivity index (χ2v) is 7.82. The van der Waals surface area contributed by atoms with Crippen molar-refractivity contribution in [3.05, 3.63) is 29.3 Å². The third-order valence-corrected chi connectivity index (χ3v) is 6.08. The van der Waals surface area contributed by atoms with Gasteiger partial charge in [0.2, 0.25) is 5.91 Å². The average molecular weight is 427 g/mol. The van der Waals surface area contributed by atoms with E-state index in [1.165, 1.54) is 29.4 Å². The molecule has 1 N–H and O–H groups in total. The van der Waals surface area contributed by atoms with Crippen LogP contribution in [0.2, 0.25) is 0 Å². The van der Waals surface area contributed by atoms with E-state index in [4.69, 9.17) is 21.4 Å². The molecule has 0 saturated carbocycles. The van der Waals surface area contributed by atoms with Crippen molar-refractivity contribution in [3.63, 3.8) is 0 Å². The molecule has 0 aliphatic rings. The van der Waals surface area contributed by atoms with Crippen molar-refractivity contribution in [3.8, 4) is 11.3 Å². The first-order valence-corrected chi connectivity index (χ1v) is 10.8. The summed E-state index contributed by atoms with van der Waals surface area (Å²) in [4.78, 5) is 26.8. The van der Waals surface area contributed by atoms with Crippen molar-refractivity contribution in [2.75, 3.05) is 30.8 Å². The van der Waals surface area contributed by atoms with Crippen molar-refractivity contribution in [1.82, 2.24) is 4.90 Å². The summed E-state index contributed by atoms with van der Waals surface area (Å²) < 4.78 is 11.2. The minimum absolute atomic E-state index is 0.172. The van der Waals surface area contributed by atoms with Crippen LogP contribution in [0, 0.1) is 0 Å². The SMILES string of the molecule is CCOC(=O)c1c(-c2ccco2)csc1NC(=O)CSC(=S)N(CC)CC. The molecule has 1 amide bonds. The van der Waals surface area contributed by atoms with Gasteiger partial charge in [-0.3, -0.25) is 4.79 Å². The molecule has 0 saturated heterocycles. The van der Waals surface area contributed by atoms with Gasteiger partial charge in [-0.25, -0.2) is 4.79 Å². The molecule has 0 spiro atoms. The van der Waals surface area contributed by atoms with Gasteiger partial charge < -0.3 is 19.4 Å². The first-order valence-electron chi connectivity index (χ1n) is 8.55. The number of amides is 1. The lowest BCUT2D eigenvalue weighted by Gasteiger charge is -2.20. The van der Waals surface area contributed by atoms with Crippen molar-refractivity contribution in [2.45, 2.75) is 20.8 Å². The average Bonchev–Trinajstić information content (AvgIpc) is 3.30. The van der Waals surface area contributed by atoms with Crippen LogP contribution in [-0.2, 0) is 9.53 Å². The minimum Gasteiger partial charge on any atom is -0.464 e. The van der Waals surface area contributed by atoms with E-state index in [1.54, 1.807) is 24.4 Å². The van der Waals surface area contributed by atoms with E-state index < -0.39 is 5.97 Å². The van der Waals surface area contributed by atoms with Crippen LogP contribution in [0.5, 0.6) is 0 Å². The fourth-order valence-corrected chi connectivity index (χ4v) is 4.49. The first kappa shape index (κ1) is 21.5. The Hall–Kier alpha value is -1.84. The summed E-state index contributed by atoms with van der Waals surface area (Å²) in [6.07, 6.45) is 1.53. The van der Waals surface area contributed by atoms with Crippen LogP contribution in [0.15, 0.2) is 28.2 Å². The van der Waals surface area contributed by atoms with E-state index in [0.29, 0.717) is 26.2 Å². The molecule has 0 atom stereocenters. The highest BCUT2D eigenvalue weighted by atomic mass is 32.2. The van der Waals surface area contributed by atoms with Gasteiger partial charge in [-0.1, -0.05) is 24.0 Å². The zero-order chi connectivity index (χ0) is 19.8. The van der Waals surface area contributed by atoms with E-state index in [0.717, 1.165) is 13.1 Å². The molecule has 6 nitrogen and oxygen atoms in total. The van der Waals surface area contributed by atoms with Crippen molar-refractivity contribution in [2.24, 2.45) is 0 Å². The molecule has 0 aromatic carbocycles. The van der Waals surface area contributed by atoms with Crippen LogP contribution in [-0.4, -0.2) is 46.5 Å². The number of hydrogen-bond acceptors (Lipinski definition) is 7. The monoisotopic (exact) mass is 426 g/mol. The second kappa shape index (κ2) is 10.5. The van der Waals surface area contributed by atoms with E-state index in [-0.39, 0.29) is 18.3 Å². The van der Waals surface area contributed by atoms with E-state index in [9.17, 15) is 9.59 Å². The molecule has 2 rings (SSSR count). The maximum Gasteiger partial charge on any atom is 0.341 e. The predicted octanol–water partition coefficient (Wildman–Crippen LogP) is 4.48. The molecule has 146 valence electrons. The first-order chi connectivity index (χ1) is 13.0. The summed E-state index contributed by atoms with van der Waals surface area (Å²) in [5.74, 6) is -0.00228. The molecule has 0 unspecified atom stereocenters. The summed E-state index contributed by atoms with van der Waals surface area (Å²) in [7, 11) is 0. The molecule has 0 bridgehead atoms. The Bertz CT molecular complexity index is 783. The van der Waals surface area contributed by atoms with Gasteiger partial charge in [0, 0.05) is 24.0 Å². The standard InChI is InChI=1S/C18H22N2O4S3/c1-4-20(5-2)18(25)27-11-14(21)19-16-15(17(22)23-6-3)12(10-26-16)13-8-7-9-24-13/h7-10H,4-6,11H2,1-3H3,(H,19,21). The summed E-state index contributed by atoms with van der Waals surface area (Å²) in [6, 6.07) is 3.50. The predicted molar refractivity (Wildman–Crippen MR) is 115 cm³/mol. The molecule has 0 aliphatic heterocycles. The lowest BCUT2D eigenvalue weighted by molar-refractivity contribution is -0.113. The maximum absolute atomic E-state index is 12.4. The molecule has 2 aromatic rings. The number of anilines is 1. The van der Waals surface area contributed by atoms with E-state index in [2.05, 4.69) is 5.32 Å². The minimum atomic E-state index is -0.494. The maximum atomic E-state index is 12.4. The van der Waals surface area contributed by atoms with Crippen molar-refractivity contribution < 1.29 is 18.7 Å². The lowest BCUT2D eigenvalue weighted by atomic mass is 10.1.